The second-order valence-electron chi connectivity index (χ2n) is 8.50. The van der Waals surface area contributed by atoms with Gasteiger partial charge in [-0.1, -0.05) is 47.3 Å². The first-order valence-electron chi connectivity index (χ1n) is 11.9. The molecule has 0 aromatic carbocycles. The van der Waals surface area contributed by atoms with Crippen molar-refractivity contribution in [2.45, 2.75) is 104 Å². The van der Waals surface area contributed by atoms with Crippen molar-refractivity contribution in [3.63, 3.8) is 0 Å². The Morgan fingerprint density at radius 1 is 1.19 bits per heavy atom. The Hall–Kier alpha value is -1.70. The van der Waals surface area contributed by atoms with E-state index >= 15 is 0 Å². The molecule has 0 spiro atoms. The van der Waals surface area contributed by atoms with Crippen LogP contribution in [0.3, 0.4) is 0 Å². The van der Waals surface area contributed by atoms with Crippen LogP contribution in [0, 0.1) is 5.92 Å². The van der Waals surface area contributed by atoms with Crippen LogP contribution < -0.4 is 16.8 Å². The smallest absolute Gasteiger partial charge is 0.323 e. The number of allylic oxidation sites excluding steroid dienone is 1. The summed E-state index contributed by atoms with van der Waals surface area (Å²) >= 11 is 0. The van der Waals surface area contributed by atoms with Gasteiger partial charge in [0, 0.05) is 19.9 Å². The van der Waals surface area contributed by atoms with Crippen LogP contribution in [0.5, 0.6) is 0 Å². The average Bonchev–Trinajstić information content (AvgIpc) is 3.51. The topological polar surface area (TPSA) is 128 Å². The second kappa shape index (κ2) is 17.8. The van der Waals surface area contributed by atoms with Gasteiger partial charge in [0.15, 0.2) is 0 Å². The number of esters is 1. The van der Waals surface area contributed by atoms with Gasteiger partial charge in [-0.15, -0.1) is 0 Å². The Balaban J connectivity index is 0. The first kappa shape index (κ1) is 32.5. The first-order chi connectivity index (χ1) is 15.0. The van der Waals surface area contributed by atoms with Gasteiger partial charge in [0.25, 0.3) is 0 Å². The molecule has 1 atom stereocenters. The Labute approximate surface area is 196 Å². The van der Waals surface area contributed by atoms with Gasteiger partial charge in [0.1, 0.15) is 11.6 Å². The Bertz CT molecular complexity index is 580. The molecule has 1 aliphatic carbocycles. The van der Waals surface area contributed by atoms with Gasteiger partial charge in [-0.2, -0.15) is 0 Å². The predicted octanol–water partition coefficient (Wildman–Crippen LogP) is 3.60. The zero-order valence-electron chi connectivity index (χ0n) is 21.5. The second-order valence-corrected chi connectivity index (χ2v) is 8.50. The summed E-state index contributed by atoms with van der Waals surface area (Å²) in [5.41, 5.74) is 12.1. The van der Waals surface area contributed by atoms with Crippen molar-refractivity contribution in [2.24, 2.45) is 17.4 Å². The SMILES string of the molecule is C=C(CC1(OC(=O)C(N)C(C)C)CC1)/C(=C/CC)CCNC(C)=O.CCC(O)CC.CN. The Kier molecular flexibility index (Phi) is 18.1. The van der Waals surface area contributed by atoms with E-state index in [0.717, 1.165) is 49.7 Å². The van der Waals surface area contributed by atoms with E-state index in [1.165, 1.54) is 14.0 Å². The van der Waals surface area contributed by atoms with Crippen LogP contribution in [0.1, 0.15) is 86.5 Å². The fraction of sp³-hybridized carbons (Fsp3) is 0.760. The largest absolute Gasteiger partial charge is 0.458 e. The van der Waals surface area contributed by atoms with Gasteiger partial charge in [-0.25, -0.2) is 0 Å². The molecular weight excluding hydrogens is 406 g/mol. The third kappa shape index (κ3) is 14.4. The summed E-state index contributed by atoms with van der Waals surface area (Å²) in [4.78, 5) is 23.1. The van der Waals surface area contributed by atoms with Crippen LogP contribution in [0.25, 0.3) is 0 Å². The summed E-state index contributed by atoms with van der Waals surface area (Å²) in [6.45, 7) is 16.1. The van der Waals surface area contributed by atoms with Gasteiger partial charge in [-0.05, 0) is 62.6 Å². The number of hydrogen-bond acceptors (Lipinski definition) is 6. The molecule has 7 heteroatoms. The zero-order chi connectivity index (χ0) is 25.3. The molecule has 1 amide bonds. The summed E-state index contributed by atoms with van der Waals surface area (Å²) in [6.07, 6.45) is 7.82. The van der Waals surface area contributed by atoms with E-state index < -0.39 is 11.6 Å². The molecular formula is C25H49N3O4. The molecule has 0 radical (unpaired) electrons. The minimum atomic E-state index is -0.582. The maximum absolute atomic E-state index is 12.1. The molecule has 7 nitrogen and oxygen atoms in total. The van der Waals surface area contributed by atoms with Crippen LogP contribution in [0.4, 0.5) is 0 Å². The van der Waals surface area contributed by atoms with E-state index in [2.05, 4.69) is 30.6 Å². The lowest BCUT2D eigenvalue weighted by molar-refractivity contribution is -0.153. The maximum Gasteiger partial charge on any atom is 0.323 e. The van der Waals surface area contributed by atoms with Crippen molar-refractivity contribution in [1.82, 2.24) is 5.32 Å². The molecule has 188 valence electrons. The lowest BCUT2D eigenvalue weighted by atomic mass is 9.96. The molecule has 0 heterocycles. The fourth-order valence-electron chi connectivity index (χ4n) is 2.84. The minimum Gasteiger partial charge on any atom is -0.458 e. The molecule has 0 bridgehead atoms. The highest BCUT2D eigenvalue weighted by Gasteiger charge is 2.48. The zero-order valence-corrected chi connectivity index (χ0v) is 21.5. The minimum absolute atomic E-state index is 0.0354. The van der Waals surface area contributed by atoms with E-state index in [9.17, 15) is 9.59 Å². The third-order valence-corrected chi connectivity index (χ3v) is 5.27. The highest BCUT2D eigenvalue weighted by molar-refractivity contribution is 5.76. The predicted molar refractivity (Wildman–Crippen MR) is 133 cm³/mol. The first-order valence-corrected chi connectivity index (χ1v) is 11.9. The standard InChI is InChI=1S/C19H32N2O3.C5H12O.CH5N/c1-6-7-16(8-11-21-15(5)22)14(4)12-19(9-10-19)24-18(23)17(20)13(2)3;1-3-5(6)4-2;1-2/h7,13,17H,4,6,8-12,20H2,1-3,5H3,(H,21,22);5-6H,3-4H2,1-2H3;2H2,1H3/b16-7+;;. The van der Waals surface area contributed by atoms with E-state index in [0.29, 0.717) is 13.0 Å². The van der Waals surface area contributed by atoms with Crippen molar-refractivity contribution >= 4 is 11.9 Å². The number of rotatable bonds is 12. The molecule has 1 saturated carbocycles. The molecule has 0 saturated heterocycles. The van der Waals surface area contributed by atoms with E-state index in [1.807, 2.05) is 27.7 Å². The van der Waals surface area contributed by atoms with Crippen LogP contribution in [0.15, 0.2) is 23.8 Å². The van der Waals surface area contributed by atoms with Crippen molar-refractivity contribution in [1.29, 1.82) is 0 Å². The van der Waals surface area contributed by atoms with E-state index in [1.54, 1.807) is 0 Å². The van der Waals surface area contributed by atoms with Crippen molar-refractivity contribution in [3.05, 3.63) is 23.8 Å². The molecule has 0 aromatic heterocycles. The highest BCUT2D eigenvalue weighted by atomic mass is 16.6. The van der Waals surface area contributed by atoms with Crippen LogP contribution >= 0.6 is 0 Å². The molecule has 1 fully saturated rings. The third-order valence-electron chi connectivity index (χ3n) is 5.27. The van der Waals surface area contributed by atoms with Crippen molar-refractivity contribution in [2.75, 3.05) is 13.6 Å². The molecule has 32 heavy (non-hydrogen) atoms. The fourth-order valence-corrected chi connectivity index (χ4v) is 2.84. The molecule has 1 unspecified atom stereocenters. The number of nitrogens with two attached hydrogens (primary N) is 2. The summed E-state index contributed by atoms with van der Waals surface area (Å²) in [5.74, 6) is -0.300. The summed E-state index contributed by atoms with van der Waals surface area (Å²) in [7, 11) is 1.50. The number of nitrogens with one attached hydrogen (secondary N) is 1. The Morgan fingerprint density at radius 3 is 2.06 bits per heavy atom. The normalized spacial score (nSPS) is 15.1. The summed E-state index contributed by atoms with van der Waals surface area (Å²) in [5, 5.41) is 11.5. The van der Waals surface area contributed by atoms with Crippen LogP contribution in [-0.2, 0) is 14.3 Å². The monoisotopic (exact) mass is 455 g/mol. The molecule has 0 aromatic rings. The quantitative estimate of drug-likeness (QED) is 0.263. The number of amides is 1. The van der Waals surface area contributed by atoms with Crippen LogP contribution in [-0.4, -0.2) is 48.3 Å². The van der Waals surface area contributed by atoms with E-state index in [-0.39, 0.29) is 23.9 Å². The molecule has 1 rings (SSSR count). The maximum atomic E-state index is 12.1. The van der Waals surface area contributed by atoms with Gasteiger partial charge >= 0.3 is 5.97 Å². The number of hydrogen-bond donors (Lipinski definition) is 4. The number of carbonyl (C=O) groups is 2. The number of aliphatic hydroxyl groups is 1. The molecule has 1 aliphatic rings. The van der Waals surface area contributed by atoms with Gasteiger partial charge in [0.05, 0.1) is 6.10 Å². The number of aliphatic hydroxyl groups excluding tert-OH is 1. The molecule has 0 aliphatic heterocycles. The van der Waals surface area contributed by atoms with Gasteiger partial charge in [0.2, 0.25) is 5.91 Å². The summed E-state index contributed by atoms with van der Waals surface area (Å²) < 4.78 is 5.69. The lowest BCUT2D eigenvalue weighted by Gasteiger charge is -2.23. The van der Waals surface area contributed by atoms with Gasteiger partial charge < -0.3 is 26.6 Å². The number of carbonyl (C=O) groups excluding carboxylic acids is 2. The molecule has 6 N–H and O–H groups in total. The average molecular weight is 456 g/mol. The highest BCUT2D eigenvalue weighted by Crippen LogP contribution is 2.46. The van der Waals surface area contributed by atoms with Gasteiger partial charge in [-0.3, -0.25) is 9.59 Å². The number of ether oxygens (including phenoxy) is 1. The van der Waals surface area contributed by atoms with Crippen LogP contribution in [0.2, 0.25) is 0 Å². The van der Waals surface area contributed by atoms with Crippen molar-refractivity contribution in [3.8, 4) is 0 Å². The van der Waals surface area contributed by atoms with E-state index in [4.69, 9.17) is 15.6 Å². The summed E-state index contributed by atoms with van der Waals surface area (Å²) in [6, 6.07) is -0.582. The van der Waals surface area contributed by atoms with Crippen molar-refractivity contribution < 1.29 is 19.4 Å². The lowest BCUT2D eigenvalue weighted by Crippen LogP contribution is -2.39. The Morgan fingerprint density at radius 2 is 1.72 bits per heavy atom.